The number of aromatic nitrogens is 1. The van der Waals surface area contributed by atoms with Gasteiger partial charge in [-0.3, -0.25) is 9.59 Å². The summed E-state index contributed by atoms with van der Waals surface area (Å²) in [5.74, 6) is -0.0940. The molecule has 2 heterocycles. The van der Waals surface area contributed by atoms with Crippen molar-refractivity contribution < 1.29 is 14.3 Å². The minimum Gasteiger partial charge on any atom is -0.378 e. The average molecular weight is 403 g/mol. The second-order valence-corrected chi connectivity index (χ2v) is 8.50. The molecule has 28 heavy (non-hydrogen) atoms. The van der Waals surface area contributed by atoms with Crippen molar-refractivity contribution in [3.05, 3.63) is 18.2 Å². The van der Waals surface area contributed by atoms with E-state index in [2.05, 4.69) is 15.5 Å². The van der Waals surface area contributed by atoms with E-state index >= 15 is 0 Å². The number of carbonyl (C=O) groups is 2. The minimum atomic E-state index is -0.471. The first kappa shape index (κ1) is 19.1. The molecule has 2 aromatic rings. The van der Waals surface area contributed by atoms with Crippen LogP contribution in [0.4, 0.5) is 10.8 Å². The maximum Gasteiger partial charge on any atom is 0.247 e. The summed E-state index contributed by atoms with van der Waals surface area (Å²) in [6.07, 6.45) is 4.20. The van der Waals surface area contributed by atoms with Crippen molar-refractivity contribution in [2.45, 2.75) is 38.6 Å². The molecule has 1 aliphatic heterocycles. The number of thiazole rings is 1. The van der Waals surface area contributed by atoms with Crippen LogP contribution in [0.3, 0.4) is 0 Å². The van der Waals surface area contributed by atoms with Crippen molar-refractivity contribution in [3.63, 3.8) is 0 Å². The van der Waals surface area contributed by atoms with Crippen molar-refractivity contribution in [2.24, 2.45) is 5.92 Å². The van der Waals surface area contributed by atoms with Gasteiger partial charge in [-0.1, -0.05) is 24.2 Å². The topological polar surface area (TPSA) is 83.6 Å². The number of morpholine rings is 1. The summed E-state index contributed by atoms with van der Waals surface area (Å²) in [6.45, 7) is 4.62. The normalized spacial score (nSPS) is 19.0. The smallest absolute Gasteiger partial charge is 0.247 e. The number of amides is 2. The lowest BCUT2D eigenvalue weighted by Gasteiger charge is -2.25. The standard InChI is InChI=1S/C20H26N4O3S/c1-13(25)21-18(14-4-2-3-5-14)19(26)22-15-6-7-16-17(12-15)28-20(23-16)24-8-10-27-11-9-24/h6-7,12,14,18H,2-5,8-11H2,1H3,(H,21,25)(H,22,26). The van der Waals surface area contributed by atoms with Crippen LogP contribution in [0.1, 0.15) is 32.6 Å². The summed E-state index contributed by atoms with van der Waals surface area (Å²) >= 11 is 1.63. The Morgan fingerprint density at radius 2 is 2.00 bits per heavy atom. The highest BCUT2D eigenvalue weighted by Gasteiger charge is 2.31. The molecule has 2 fully saturated rings. The maximum absolute atomic E-state index is 12.9. The Hall–Kier alpha value is -2.19. The van der Waals surface area contributed by atoms with Crippen molar-refractivity contribution >= 4 is 44.2 Å². The highest BCUT2D eigenvalue weighted by Crippen LogP contribution is 2.32. The number of rotatable bonds is 5. The third-order valence-corrected chi connectivity index (χ3v) is 6.52. The van der Waals surface area contributed by atoms with Gasteiger partial charge < -0.3 is 20.3 Å². The minimum absolute atomic E-state index is 0.139. The third-order valence-electron chi connectivity index (χ3n) is 5.44. The Balaban J connectivity index is 1.49. The number of carbonyl (C=O) groups excluding carboxylic acids is 2. The summed E-state index contributed by atoms with van der Waals surface area (Å²) in [7, 11) is 0. The van der Waals surface area contributed by atoms with Crippen molar-refractivity contribution in [1.82, 2.24) is 10.3 Å². The predicted octanol–water partition coefficient (Wildman–Crippen LogP) is 2.77. The van der Waals surface area contributed by atoms with Crippen LogP contribution in [0.15, 0.2) is 18.2 Å². The van der Waals surface area contributed by atoms with E-state index in [1.54, 1.807) is 11.3 Å². The van der Waals surface area contributed by atoms with E-state index in [1.165, 1.54) is 6.92 Å². The van der Waals surface area contributed by atoms with Gasteiger partial charge in [0, 0.05) is 25.7 Å². The molecule has 150 valence electrons. The number of benzene rings is 1. The molecule has 8 heteroatoms. The molecular weight excluding hydrogens is 376 g/mol. The Morgan fingerprint density at radius 3 is 2.71 bits per heavy atom. The fourth-order valence-corrected chi connectivity index (χ4v) is 5.06. The highest BCUT2D eigenvalue weighted by atomic mass is 32.1. The molecule has 1 unspecified atom stereocenters. The van der Waals surface area contributed by atoms with Gasteiger partial charge in [-0.05, 0) is 37.0 Å². The van der Waals surface area contributed by atoms with Gasteiger partial charge in [-0.15, -0.1) is 0 Å². The van der Waals surface area contributed by atoms with Gasteiger partial charge in [0.2, 0.25) is 11.8 Å². The number of hydrogen-bond donors (Lipinski definition) is 2. The van der Waals surface area contributed by atoms with Crippen molar-refractivity contribution in [3.8, 4) is 0 Å². The number of fused-ring (bicyclic) bond motifs is 1. The predicted molar refractivity (Wildman–Crippen MR) is 111 cm³/mol. The van der Waals surface area contributed by atoms with E-state index in [1.807, 2.05) is 18.2 Å². The molecule has 1 aromatic heterocycles. The zero-order chi connectivity index (χ0) is 19.5. The van der Waals surface area contributed by atoms with Crippen LogP contribution in [0.25, 0.3) is 10.2 Å². The molecule has 0 radical (unpaired) electrons. The largest absolute Gasteiger partial charge is 0.378 e. The Kier molecular flexibility index (Phi) is 5.77. The molecule has 0 spiro atoms. The fraction of sp³-hybridized carbons (Fsp3) is 0.550. The second kappa shape index (κ2) is 8.45. The van der Waals surface area contributed by atoms with E-state index in [0.29, 0.717) is 0 Å². The van der Waals surface area contributed by atoms with E-state index in [9.17, 15) is 9.59 Å². The molecule has 1 saturated carbocycles. The Morgan fingerprint density at radius 1 is 1.25 bits per heavy atom. The summed E-state index contributed by atoms with van der Waals surface area (Å²) in [4.78, 5) is 31.4. The third kappa shape index (κ3) is 4.28. The molecule has 1 aliphatic carbocycles. The summed E-state index contributed by atoms with van der Waals surface area (Å²) < 4.78 is 6.45. The number of anilines is 2. The molecular formula is C20H26N4O3S. The highest BCUT2D eigenvalue weighted by molar-refractivity contribution is 7.22. The van der Waals surface area contributed by atoms with Crippen LogP contribution in [0, 0.1) is 5.92 Å². The van der Waals surface area contributed by atoms with E-state index in [4.69, 9.17) is 9.72 Å². The zero-order valence-corrected chi connectivity index (χ0v) is 16.9. The number of nitrogens with zero attached hydrogens (tertiary/aromatic N) is 2. The van der Waals surface area contributed by atoms with E-state index in [0.717, 1.165) is 73.0 Å². The van der Waals surface area contributed by atoms with Gasteiger partial charge in [0.15, 0.2) is 5.13 Å². The maximum atomic E-state index is 12.9. The Bertz CT molecular complexity index is 856. The van der Waals surface area contributed by atoms with Crippen LogP contribution in [0.5, 0.6) is 0 Å². The molecule has 1 aromatic carbocycles. The zero-order valence-electron chi connectivity index (χ0n) is 16.1. The summed E-state index contributed by atoms with van der Waals surface area (Å²) in [5, 5.41) is 6.83. The summed E-state index contributed by atoms with van der Waals surface area (Å²) in [5.41, 5.74) is 1.67. The lowest BCUT2D eigenvalue weighted by atomic mass is 9.97. The lowest BCUT2D eigenvalue weighted by molar-refractivity contribution is -0.126. The first-order chi connectivity index (χ1) is 13.6. The Labute approximate surface area is 168 Å². The van der Waals surface area contributed by atoms with E-state index < -0.39 is 6.04 Å². The first-order valence-electron chi connectivity index (χ1n) is 9.91. The monoisotopic (exact) mass is 402 g/mol. The fourth-order valence-electron chi connectivity index (χ4n) is 4.01. The molecule has 1 atom stereocenters. The van der Waals surface area contributed by atoms with Crippen LogP contribution < -0.4 is 15.5 Å². The van der Waals surface area contributed by atoms with E-state index in [-0.39, 0.29) is 17.7 Å². The van der Waals surface area contributed by atoms with Gasteiger partial charge >= 0.3 is 0 Å². The molecule has 2 aliphatic rings. The van der Waals surface area contributed by atoms with Gasteiger partial charge in [-0.25, -0.2) is 4.98 Å². The van der Waals surface area contributed by atoms with Crippen molar-refractivity contribution in [2.75, 3.05) is 36.5 Å². The van der Waals surface area contributed by atoms with Gasteiger partial charge in [-0.2, -0.15) is 0 Å². The molecule has 2 amide bonds. The van der Waals surface area contributed by atoms with Gasteiger partial charge in [0.05, 0.1) is 23.4 Å². The SMILES string of the molecule is CC(=O)NC(C(=O)Nc1ccc2nc(N3CCOCC3)sc2c1)C1CCCC1. The molecule has 0 bridgehead atoms. The number of nitrogens with one attached hydrogen (secondary N) is 2. The number of hydrogen-bond acceptors (Lipinski definition) is 6. The average Bonchev–Trinajstić information content (AvgIpc) is 3.36. The second-order valence-electron chi connectivity index (χ2n) is 7.49. The van der Waals surface area contributed by atoms with Gasteiger partial charge in [0.25, 0.3) is 0 Å². The first-order valence-corrected chi connectivity index (χ1v) is 10.7. The quantitative estimate of drug-likeness (QED) is 0.804. The van der Waals surface area contributed by atoms with Crippen molar-refractivity contribution in [1.29, 1.82) is 0 Å². The number of ether oxygens (including phenoxy) is 1. The molecule has 4 rings (SSSR count). The van der Waals surface area contributed by atoms with Crippen LogP contribution in [-0.4, -0.2) is 49.1 Å². The molecule has 7 nitrogen and oxygen atoms in total. The summed E-state index contributed by atoms with van der Waals surface area (Å²) in [6, 6.07) is 5.31. The lowest BCUT2D eigenvalue weighted by Crippen LogP contribution is -2.47. The molecule has 2 N–H and O–H groups in total. The van der Waals surface area contributed by atoms with Crippen LogP contribution >= 0.6 is 11.3 Å². The van der Waals surface area contributed by atoms with Gasteiger partial charge in [0.1, 0.15) is 6.04 Å². The van der Waals surface area contributed by atoms with Crippen LogP contribution in [-0.2, 0) is 14.3 Å². The molecule has 1 saturated heterocycles. The van der Waals surface area contributed by atoms with Crippen LogP contribution in [0.2, 0.25) is 0 Å².